The predicted octanol–water partition coefficient (Wildman–Crippen LogP) is -2.87. The van der Waals surface area contributed by atoms with Gasteiger partial charge in [0.1, 0.15) is 12.1 Å². The number of nitrogens with one attached hydrogen (secondary N) is 2. The molecule has 0 saturated carbocycles. The van der Waals surface area contributed by atoms with Gasteiger partial charge in [-0.3, -0.25) is 19.2 Å². The summed E-state index contributed by atoms with van der Waals surface area (Å²) in [5, 5.41) is 21.7. The topological polar surface area (TPSA) is 202 Å². The van der Waals surface area contributed by atoms with Gasteiger partial charge in [-0.15, -0.1) is 0 Å². The van der Waals surface area contributed by atoms with Crippen molar-refractivity contribution >= 4 is 29.7 Å². The lowest BCUT2D eigenvalue weighted by atomic mass is 10.1. The minimum atomic E-state index is -1.68. The van der Waals surface area contributed by atoms with Crippen LogP contribution >= 0.6 is 0 Å². The van der Waals surface area contributed by atoms with Crippen LogP contribution in [0.3, 0.4) is 0 Å². The molecule has 0 saturated heterocycles. The van der Waals surface area contributed by atoms with Crippen LogP contribution in [-0.4, -0.2) is 58.0 Å². The lowest BCUT2D eigenvalue weighted by Gasteiger charge is -2.21. The quantitative estimate of drug-likeness (QED) is 0.245. The van der Waals surface area contributed by atoms with Crippen molar-refractivity contribution in [1.29, 1.82) is 0 Å². The molecule has 11 nitrogen and oxygen atoms in total. The van der Waals surface area contributed by atoms with E-state index in [4.69, 9.17) is 21.7 Å². The molecule has 0 aliphatic rings. The zero-order valence-corrected chi connectivity index (χ0v) is 12.4. The largest absolute Gasteiger partial charge is 0.481 e. The summed E-state index contributed by atoms with van der Waals surface area (Å²) < 4.78 is 0. The summed E-state index contributed by atoms with van der Waals surface area (Å²) in [6.07, 6.45) is -1.27. The van der Waals surface area contributed by atoms with Crippen molar-refractivity contribution in [1.82, 2.24) is 10.6 Å². The standard InChI is InChI=1S/C12H20N4O7/c1-5(13)10(20)15-6(2-3-8(14)17)11(21)16-7(12(22)23)4-9(18)19/h5-7H,2-4,13H2,1H3,(H2,14,17)(H,15,20)(H,16,21)(H,18,19)(H,22,23). The van der Waals surface area contributed by atoms with E-state index in [1.807, 2.05) is 5.32 Å². The maximum Gasteiger partial charge on any atom is 0.326 e. The summed E-state index contributed by atoms with van der Waals surface area (Å²) >= 11 is 0. The zero-order chi connectivity index (χ0) is 18.2. The normalized spacial score (nSPS) is 14.2. The molecule has 130 valence electrons. The number of primary amides is 1. The first-order valence-electron chi connectivity index (χ1n) is 6.63. The molecule has 0 radical (unpaired) electrons. The van der Waals surface area contributed by atoms with E-state index in [9.17, 15) is 24.0 Å². The van der Waals surface area contributed by atoms with Crippen molar-refractivity contribution in [3.63, 3.8) is 0 Å². The fourth-order valence-electron chi connectivity index (χ4n) is 1.51. The van der Waals surface area contributed by atoms with Gasteiger partial charge in [-0.1, -0.05) is 0 Å². The smallest absolute Gasteiger partial charge is 0.326 e. The average molecular weight is 332 g/mol. The molecule has 3 amide bonds. The highest BCUT2D eigenvalue weighted by atomic mass is 16.4. The Labute approximate surface area is 131 Å². The lowest BCUT2D eigenvalue weighted by Crippen LogP contribution is -2.54. The Kier molecular flexibility index (Phi) is 8.26. The van der Waals surface area contributed by atoms with Gasteiger partial charge in [0.2, 0.25) is 17.7 Å². The molecule has 0 bridgehead atoms. The second kappa shape index (κ2) is 9.35. The third-order valence-electron chi connectivity index (χ3n) is 2.72. The average Bonchev–Trinajstić information content (AvgIpc) is 2.41. The molecule has 3 atom stereocenters. The van der Waals surface area contributed by atoms with E-state index in [1.165, 1.54) is 6.92 Å². The maximum absolute atomic E-state index is 12.0. The fraction of sp³-hybridized carbons (Fsp3) is 0.583. The highest BCUT2D eigenvalue weighted by Crippen LogP contribution is 2.01. The van der Waals surface area contributed by atoms with Crippen LogP contribution in [0.2, 0.25) is 0 Å². The van der Waals surface area contributed by atoms with Crippen LogP contribution < -0.4 is 22.1 Å². The third-order valence-corrected chi connectivity index (χ3v) is 2.72. The van der Waals surface area contributed by atoms with Crippen LogP contribution in [0.5, 0.6) is 0 Å². The molecule has 0 heterocycles. The molecule has 0 aliphatic carbocycles. The van der Waals surface area contributed by atoms with Crippen LogP contribution in [0.15, 0.2) is 0 Å². The summed E-state index contributed by atoms with van der Waals surface area (Å²) in [6.45, 7) is 1.36. The predicted molar refractivity (Wildman–Crippen MR) is 75.8 cm³/mol. The van der Waals surface area contributed by atoms with Crippen molar-refractivity contribution in [2.45, 2.75) is 44.3 Å². The van der Waals surface area contributed by atoms with Gasteiger partial charge in [0, 0.05) is 6.42 Å². The molecule has 0 aromatic carbocycles. The van der Waals surface area contributed by atoms with E-state index in [0.717, 1.165) is 0 Å². The summed E-state index contributed by atoms with van der Waals surface area (Å²) in [7, 11) is 0. The first-order chi connectivity index (χ1) is 10.5. The van der Waals surface area contributed by atoms with Gasteiger partial charge in [0.15, 0.2) is 0 Å². The molecule has 0 spiro atoms. The van der Waals surface area contributed by atoms with Gasteiger partial charge in [-0.2, -0.15) is 0 Å². The molecule has 0 aliphatic heterocycles. The van der Waals surface area contributed by atoms with E-state index in [0.29, 0.717) is 0 Å². The number of hydrogen-bond acceptors (Lipinski definition) is 6. The summed E-state index contributed by atoms with van der Waals surface area (Å²) in [4.78, 5) is 55.9. The van der Waals surface area contributed by atoms with E-state index in [2.05, 4.69) is 5.32 Å². The van der Waals surface area contributed by atoms with E-state index < -0.39 is 54.2 Å². The molecule has 0 aromatic rings. The Morgan fingerprint density at radius 3 is 1.91 bits per heavy atom. The van der Waals surface area contributed by atoms with Crippen molar-refractivity contribution in [3.05, 3.63) is 0 Å². The maximum atomic E-state index is 12.0. The van der Waals surface area contributed by atoms with Crippen LogP contribution in [-0.2, 0) is 24.0 Å². The zero-order valence-electron chi connectivity index (χ0n) is 12.4. The van der Waals surface area contributed by atoms with Crippen LogP contribution in [0, 0.1) is 0 Å². The first kappa shape index (κ1) is 20.3. The van der Waals surface area contributed by atoms with Gasteiger partial charge in [0.25, 0.3) is 0 Å². The van der Waals surface area contributed by atoms with Crippen molar-refractivity contribution in [3.8, 4) is 0 Å². The molecular weight excluding hydrogens is 312 g/mol. The molecule has 23 heavy (non-hydrogen) atoms. The number of amides is 3. The number of rotatable bonds is 10. The van der Waals surface area contributed by atoms with Crippen LogP contribution in [0.25, 0.3) is 0 Å². The van der Waals surface area contributed by atoms with E-state index in [1.54, 1.807) is 0 Å². The Morgan fingerprint density at radius 1 is 1.00 bits per heavy atom. The Morgan fingerprint density at radius 2 is 1.52 bits per heavy atom. The van der Waals surface area contributed by atoms with Crippen molar-refractivity contribution in [2.24, 2.45) is 11.5 Å². The summed E-state index contributed by atoms with van der Waals surface area (Å²) in [6, 6.07) is -3.88. The minimum Gasteiger partial charge on any atom is -0.481 e. The summed E-state index contributed by atoms with van der Waals surface area (Å²) in [5.74, 6) is -5.34. The van der Waals surface area contributed by atoms with Crippen molar-refractivity contribution < 1.29 is 34.2 Å². The van der Waals surface area contributed by atoms with Gasteiger partial charge < -0.3 is 32.3 Å². The number of aliphatic carboxylic acids is 2. The molecule has 0 fully saturated rings. The number of carbonyl (C=O) groups excluding carboxylic acids is 3. The Hall–Kier alpha value is -2.69. The van der Waals surface area contributed by atoms with Crippen LogP contribution in [0.1, 0.15) is 26.2 Å². The second-order valence-electron chi connectivity index (χ2n) is 4.85. The molecule has 3 unspecified atom stereocenters. The number of carbonyl (C=O) groups is 5. The highest BCUT2D eigenvalue weighted by Gasteiger charge is 2.28. The SMILES string of the molecule is CC(N)C(=O)NC(CCC(N)=O)C(=O)NC(CC(=O)O)C(=O)O. The molecule has 11 heteroatoms. The molecular formula is C12H20N4O7. The van der Waals surface area contributed by atoms with Crippen LogP contribution in [0.4, 0.5) is 0 Å². The lowest BCUT2D eigenvalue weighted by molar-refractivity contribution is -0.147. The summed E-state index contributed by atoms with van der Waals surface area (Å²) in [5.41, 5.74) is 10.3. The fourth-order valence-corrected chi connectivity index (χ4v) is 1.51. The Bertz CT molecular complexity index is 492. The minimum absolute atomic E-state index is 0.182. The van der Waals surface area contributed by atoms with Gasteiger partial charge in [-0.05, 0) is 13.3 Å². The monoisotopic (exact) mass is 332 g/mol. The third kappa shape index (κ3) is 8.36. The van der Waals surface area contributed by atoms with Gasteiger partial charge in [-0.25, -0.2) is 4.79 Å². The number of carboxylic acid groups (broad SMARTS) is 2. The molecule has 0 aromatic heterocycles. The highest BCUT2D eigenvalue weighted by molar-refractivity contribution is 5.93. The molecule has 8 N–H and O–H groups in total. The van der Waals surface area contributed by atoms with E-state index in [-0.39, 0.29) is 12.8 Å². The molecule has 0 rings (SSSR count). The van der Waals surface area contributed by atoms with Gasteiger partial charge >= 0.3 is 11.9 Å². The van der Waals surface area contributed by atoms with E-state index >= 15 is 0 Å². The Balaban J connectivity index is 5.00. The number of nitrogens with two attached hydrogens (primary N) is 2. The number of hydrogen-bond donors (Lipinski definition) is 6. The number of carboxylic acids is 2. The van der Waals surface area contributed by atoms with Gasteiger partial charge in [0.05, 0.1) is 12.5 Å². The second-order valence-corrected chi connectivity index (χ2v) is 4.85. The first-order valence-corrected chi connectivity index (χ1v) is 6.63. The van der Waals surface area contributed by atoms with Crippen molar-refractivity contribution in [2.75, 3.05) is 0 Å².